The van der Waals surface area contributed by atoms with E-state index in [9.17, 15) is 9.59 Å². The van der Waals surface area contributed by atoms with E-state index in [1.54, 1.807) is 17.3 Å². The molecule has 2 amide bonds. The molecule has 1 saturated carbocycles. The van der Waals surface area contributed by atoms with Crippen LogP contribution >= 0.6 is 0 Å². The maximum Gasteiger partial charge on any atom is 0.246 e. The summed E-state index contributed by atoms with van der Waals surface area (Å²) in [5.74, 6) is 0.588. The zero-order valence-electron chi connectivity index (χ0n) is 13.2. The lowest BCUT2D eigenvalue weighted by Gasteiger charge is -2.38. The molecular weight excluding hydrogens is 300 g/mol. The van der Waals surface area contributed by atoms with Gasteiger partial charge in [-0.25, -0.2) is 0 Å². The molecule has 0 spiro atoms. The third kappa shape index (κ3) is 4.01. The summed E-state index contributed by atoms with van der Waals surface area (Å²) in [5.41, 5.74) is 0. The minimum absolute atomic E-state index is 0.00360. The second kappa shape index (κ2) is 6.99. The minimum Gasteiger partial charge on any atom is -0.485 e. The molecule has 2 atom stereocenters. The highest BCUT2D eigenvalue weighted by Gasteiger charge is 2.32. The second-order valence-electron chi connectivity index (χ2n) is 6.05. The predicted octanol–water partition coefficient (Wildman–Crippen LogP) is 0.0731. The van der Waals surface area contributed by atoms with Crippen LogP contribution in [0, 0.1) is 0 Å². The van der Waals surface area contributed by atoms with Crippen molar-refractivity contribution in [3.8, 4) is 5.75 Å². The quantitative estimate of drug-likeness (QED) is 0.773. The van der Waals surface area contributed by atoms with E-state index in [0.29, 0.717) is 18.8 Å². The number of ether oxygens (including phenoxy) is 2. The fourth-order valence-corrected chi connectivity index (χ4v) is 2.95. The average molecular weight is 322 g/mol. The van der Waals surface area contributed by atoms with Crippen LogP contribution < -0.4 is 10.1 Å². The number of carbonyl (C=O) groups excluding carboxylic acids is 2. The molecule has 0 radical (unpaired) electrons. The molecule has 23 heavy (non-hydrogen) atoms. The molecule has 2 aliphatic rings. The smallest absolute Gasteiger partial charge is 0.246 e. The summed E-state index contributed by atoms with van der Waals surface area (Å²) in [7, 11) is 0. The normalized spacial score (nSPS) is 24.3. The molecule has 126 valence electrons. The first-order valence-corrected chi connectivity index (χ1v) is 7.93. The molecule has 2 heterocycles. The van der Waals surface area contributed by atoms with Crippen LogP contribution in [-0.2, 0) is 14.3 Å². The standard InChI is InChI=1S/C15H22N4O4/c1-10(20)19-7-12(8-19)22-9-15(21)18-13-3-2-4-14(13)23-11-5-16-17-6-11/h5-6,12-14H,2-4,7-9H2,1H3,(H,16,17)(H,18,21)/t13-,14+/m0/s1. The van der Waals surface area contributed by atoms with Gasteiger partial charge >= 0.3 is 0 Å². The summed E-state index contributed by atoms with van der Waals surface area (Å²) >= 11 is 0. The van der Waals surface area contributed by atoms with E-state index in [-0.39, 0.29) is 36.7 Å². The number of nitrogens with zero attached hydrogens (tertiary/aromatic N) is 2. The molecule has 3 rings (SSSR count). The number of likely N-dealkylation sites (tertiary alicyclic amines) is 1. The first-order valence-electron chi connectivity index (χ1n) is 7.93. The summed E-state index contributed by atoms with van der Waals surface area (Å²) in [6.07, 6.45) is 6.07. The summed E-state index contributed by atoms with van der Waals surface area (Å²) in [6.45, 7) is 2.69. The lowest BCUT2D eigenvalue weighted by atomic mass is 10.1. The maximum atomic E-state index is 12.0. The molecule has 1 aliphatic heterocycles. The van der Waals surface area contributed by atoms with Crippen LogP contribution in [-0.4, -0.2) is 64.9 Å². The number of hydrogen-bond acceptors (Lipinski definition) is 5. The van der Waals surface area contributed by atoms with Crippen molar-refractivity contribution in [1.29, 1.82) is 0 Å². The number of hydrogen-bond donors (Lipinski definition) is 2. The van der Waals surface area contributed by atoms with Gasteiger partial charge in [0.2, 0.25) is 11.8 Å². The second-order valence-corrected chi connectivity index (χ2v) is 6.05. The van der Waals surface area contributed by atoms with Crippen LogP contribution in [0.15, 0.2) is 12.4 Å². The van der Waals surface area contributed by atoms with Gasteiger partial charge in [-0.1, -0.05) is 0 Å². The maximum absolute atomic E-state index is 12.0. The summed E-state index contributed by atoms with van der Waals surface area (Å²) in [5, 5.41) is 9.53. The van der Waals surface area contributed by atoms with Crippen molar-refractivity contribution in [3.63, 3.8) is 0 Å². The third-order valence-corrected chi connectivity index (χ3v) is 4.30. The van der Waals surface area contributed by atoms with Gasteiger partial charge in [0.1, 0.15) is 12.7 Å². The van der Waals surface area contributed by atoms with Gasteiger partial charge in [0.05, 0.1) is 24.5 Å². The van der Waals surface area contributed by atoms with E-state index in [4.69, 9.17) is 9.47 Å². The van der Waals surface area contributed by atoms with Crippen LogP contribution in [0.2, 0.25) is 0 Å². The summed E-state index contributed by atoms with van der Waals surface area (Å²) in [4.78, 5) is 24.8. The van der Waals surface area contributed by atoms with E-state index in [1.165, 1.54) is 6.92 Å². The number of carbonyl (C=O) groups is 2. The highest BCUT2D eigenvalue weighted by atomic mass is 16.5. The van der Waals surface area contributed by atoms with Gasteiger partial charge in [-0.2, -0.15) is 5.10 Å². The van der Waals surface area contributed by atoms with Gasteiger partial charge in [-0.15, -0.1) is 0 Å². The first-order chi connectivity index (χ1) is 11.1. The predicted molar refractivity (Wildman–Crippen MR) is 80.8 cm³/mol. The molecule has 8 heteroatoms. The number of rotatable bonds is 6. The summed E-state index contributed by atoms with van der Waals surface area (Å²) in [6, 6.07) is -0.00360. The number of aromatic nitrogens is 2. The molecule has 1 aliphatic carbocycles. The Morgan fingerprint density at radius 3 is 2.96 bits per heavy atom. The Bertz CT molecular complexity index is 542. The van der Waals surface area contributed by atoms with E-state index in [1.807, 2.05) is 0 Å². The van der Waals surface area contributed by atoms with E-state index >= 15 is 0 Å². The molecule has 1 aromatic heterocycles. The van der Waals surface area contributed by atoms with E-state index < -0.39 is 0 Å². The minimum atomic E-state index is -0.140. The van der Waals surface area contributed by atoms with Crippen molar-refractivity contribution >= 4 is 11.8 Å². The fourth-order valence-electron chi connectivity index (χ4n) is 2.95. The van der Waals surface area contributed by atoms with Crippen molar-refractivity contribution in [2.24, 2.45) is 0 Å². The number of amides is 2. The first kappa shape index (κ1) is 15.8. The molecule has 1 saturated heterocycles. The lowest BCUT2D eigenvalue weighted by molar-refractivity contribution is -0.146. The molecule has 0 bridgehead atoms. The largest absolute Gasteiger partial charge is 0.485 e. The number of aromatic amines is 1. The molecule has 2 fully saturated rings. The van der Waals surface area contributed by atoms with Crippen molar-refractivity contribution in [2.45, 2.75) is 44.4 Å². The van der Waals surface area contributed by atoms with Gasteiger partial charge in [0.25, 0.3) is 0 Å². The molecular formula is C15H22N4O4. The number of H-pyrrole nitrogens is 1. The van der Waals surface area contributed by atoms with Crippen molar-refractivity contribution < 1.29 is 19.1 Å². The third-order valence-electron chi connectivity index (χ3n) is 4.30. The number of nitrogens with one attached hydrogen (secondary N) is 2. The van der Waals surface area contributed by atoms with Gasteiger partial charge in [-0.3, -0.25) is 14.7 Å². The Morgan fingerprint density at radius 2 is 2.26 bits per heavy atom. The van der Waals surface area contributed by atoms with Gasteiger partial charge < -0.3 is 19.7 Å². The topological polar surface area (TPSA) is 96.6 Å². The molecule has 8 nitrogen and oxygen atoms in total. The Morgan fingerprint density at radius 1 is 1.43 bits per heavy atom. The van der Waals surface area contributed by atoms with Gasteiger partial charge in [0, 0.05) is 20.0 Å². The fraction of sp³-hybridized carbons (Fsp3) is 0.667. The molecule has 0 unspecified atom stereocenters. The van der Waals surface area contributed by atoms with Crippen LogP contribution in [0.4, 0.5) is 0 Å². The van der Waals surface area contributed by atoms with Gasteiger partial charge in [-0.05, 0) is 19.3 Å². The Kier molecular flexibility index (Phi) is 4.80. The zero-order valence-corrected chi connectivity index (χ0v) is 13.2. The summed E-state index contributed by atoms with van der Waals surface area (Å²) < 4.78 is 11.3. The van der Waals surface area contributed by atoms with Crippen LogP contribution in [0.25, 0.3) is 0 Å². The van der Waals surface area contributed by atoms with Crippen molar-refractivity contribution in [2.75, 3.05) is 19.7 Å². The molecule has 1 aromatic rings. The Labute approximate surface area is 134 Å². The monoisotopic (exact) mass is 322 g/mol. The highest BCUT2D eigenvalue weighted by molar-refractivity contribution is 5.77. The highest BCUT2D eigenvalue weighted by Crippen LogP contribution is 2.24. The average Bonchev–Trinajstić information content (AvgIpc) is 3.10. The zero-order chi connectivity index (χ0) is 16.2. The lowest BCUT2D eigenvalue weighted by Crippen LogP contribution is -2.55. The molecule has 0 aromatic carbocycles. The van der Waals surface area contributed by atoms with Crippen LogP contribution in [0.3, 0.4) is 0 Å². The Hall–Kier alpha value is -2.09. The SMILES string of the molecule is CC(=O)N1CC(OCC(=O)N[C@H]2CCC[C@H]2Oc2cn[nH]c2)C1. The van der Waals surface area contributed by atoms with E-state index in [0.717, 1.165) is 19.3 Å². The van der Waals surface area contributed by atoms with Crippen LogP contribution in [0.1, 0.15) is 26.2 Å². The van der Waals surface area contributed by atoms with Crippen molar-refractivity contribution in [3.05, 3.63) is 12.4 Å². The molecule has 2 N–H and O–H groups in total. The van der Waals surface area contributed by atoms with Gasteiger partial charge in [0.15, 0.2) is 5.75 Å². The van der Waals surface area contributed by atoms with E-state index in [2.05, 4.69) is 15.5 Å². The Balaban J connectivity index is 1.38. The van der Waals surface area contributed by atoms with Crippen molar-refractivity contribution in [1.82, 2.24) is 20.4 Å². The van der Waals surface area contributed by atoms with Crippen LogP contribution in [0.5, 0.6) is 5.75 Å².